The maximum absolute atomic E-state index is 12.2. The van der Waals surface area contributed by atoms with Gasteiger partial charge in [-0.2, -0.15) is 0 Å². The molecule has 0 bridgehead atoms. The second kappa shape index (κ2) is 9.66. The lowest BCUT2D eigenvalue weighted by molar-refractivity contribution is 0.0207. The first-order valence-corrected chi connectivity index (χ1v) is 11.8. The molecular formula is C30H27N3O3. The number of aromatic nitrogens is 3. The van der Waals surface area contributed by atoms with Gasteiger partial charge < -0.3 is 14.0 Å². The minimum absolute atomic E-state index is 0.456. The van der Waals surface area contributed by atoms with Gasteiger partial charge in [0.1, 0.15) is 17.0 Å². The Labute approximate surface area is 210 Å². The molecule has 0 N–H and O–H groups in total. The Balaban J connectivity index is 1.43. The number of benzene rings is 3. The summed E-state index contributed by atoms with van der Waals surface area (Å²) in [4.78, 5) is 21.6. The standard InChI is InChI=1S/C30H27N3O3/c1-30(2,3)36-29(34)35-27-14-7-4-10-23(27)22-17-15-21(16-18-22)20-33-26-13-6-5-11-24(26)32-28(33)25-12-8-9-19-31-25/h4-19H,20H2,1-3H3. The van der Waals surface area contributed by atoms with E-state index in [4.69, 9.17) is 14.5 Å². The minimum Gasteiger partial charge on any atom is -0.428 e. The van der Waals surface area contributed by atoms with E-state index in [1.165, 1.54) is 0 Å². The second-order valence-electron chi connectivity index (χ2n) is 9.48. The highest BCUT2D eigenvalue weighted by molar-refractivity contribution is 5.80. The largest absolute Gasteiger partial charge is 0.514 e. The van der Waals surface area contributed by atoms with Gasteiger partial charge in [-0.15, -0.1) is 0 Å². The highest BCUT2D eigenvalue weighted by Gasteiger charge is 2.19. The van der Waals surface area contributed by atoms with Crippen LogP contribution >= 0.6 is 0 Å². The lowest BCUT2D eigenvalue weighted by Gasteiger charge is -2.19. The van der Waals surface area contributed by atoms with Crippen LogP contribution in [0.25, 0.3) is 33.7 Å². The molecule has 36 heavy (non-hydrogen) atoms. The Kier molecular flexibility index (Phi) is 6.25. The molecular weight excluding hydrogens is 450 g/mol. The molecule has 0 saturated heterocycles. The van der Waals surface area contributed by atoms with Crippen molar-refractivity contribution < 1.29 is 14.3 Å². The molecule has 0 fully saturated rings. The van der Waals surface area contributed by atoms with Gasteiger partial charge in [-0.1, -0.05) is 60.7 Å². The summed E-state index contributed by atoms with van der Waals surface area (Å²) in [5.41, 5.74) is 5.07. The van der Waals surface area contributed by atoms with Crippen molar-refractivity contribution in [2.75, 3.05) is 0 Å². The molecule has 6 nitrogen and oxygen atoms in total. The topological polar surface area (TPSA) is 66.2 Å². The normalized spacial score (nSPS) is 11.4. The molecule has 5 rings (SSSR count). The highest BCUT2D eigenvalue weighted by Crippen LogP contribution is 2.31. The van der Waals surface area contributed by atoms with Crippen LogP contribution in [0.3, 0.4) is 0 Å². The predicted octanol–water partition coefficient (Wildman–Crippen LogP) is 7.13. The van der Waals surface area contributed by atoms with Crippen LogP contribution in [0.15, 0.2) is 97.2 Å². The third-order valence-electron chi connectivity index (χ3n) is 5.62. The van der Waals surface area contributed by atoms with Crippen molar-refractivity contribution in [2.24, 2.45) is 0 Å². The summed E-state index contributed by atoms with van der Waals surface area (Å²) in [6.07, 6.45) is 1.06. The van der Waals surface area contributed by atoms with E-state index in [1.807, 2.05) is 87.5 Å². The number of carbonyl (C=O) groups excluding carboxylic acids is 1. The monoisotopic (exact) mass is 477 g/mol. The van der Waals surface area contributed by atoms with Gasteiger partial charge in [-0.25, -0.2) is 9.78 Å². The first-order valence-electron chi connectivity index (χ1n) is 11.8. The summed E-state index contributed by atoms with van der Waals surface area (Å²) in [6.45, 7) is 6.06. The summed E-state index contributed by atoms with van der Waals surface area (Å²) in [5.74, 6) is 1.29. The van der Waals surface area contributed by atoms with Gasteiger partial charge in [-0.05, 0) is 62.2 Å². The van der Waals surface area contributed by atoms with Gasteiger partial charge in [0.25, 0.3) is 0 Å². The van der Waals surface area contributed by atoms with E-state index in [0.29, 0.717) is 12.3 Å². The molecule has 0 spiro atoms. The van der Waals surface area contributed by atoms with Crippen molar-refractivity contribution in [1.29, 1.82) is 0 Å². The summed E-state index contributed by atoms with van der Waals surface area (Å²) >= 11 is 0. The van der Waals surface area contributed by atoms with Crippen molar-refractivity contribution in [2.45, 2.75) is 32.9 Å². The molecule has 0 aliphatic carbocycles. The first-order chi connectivity index (χ1) is 17.4. The minimum atomic E-state index is -0.722. The van der Waals surface area contributed by atoms with E-state index in [0.717, 1.165) is 39.2 Å². The number of hydrogen-bond acceptors (Lipinski definition) is 5. The smallest absolute Gasteiger partial charge is 0.428 e. The molecule has 0 radical (unpaired) electrons. The van der Waals surface area contributed by atoms with Gasteiger partial charge in [0.05, 0.1) is 11.0 Å². The van der Waals surface area contributed by atoms with Gasteiger partial charge >= 0.3 is 6.16 Å². The fourth-order valence-corrected chi connectivity index (χ4v) is 4.05. The lowest BCUT2D eigenvalue weighted by Crippen LogP contribution is -2.26. The zero-order chi connectivity index (χ0) is 25.1. The van der Waals surface area contributed by atoms with E-state index in [9.17, 15) is 4.79 Å². The number of nitrogens with zero attached hydrogens (tertiary/aromatic N) is 3. The van der Waals surface area contributed by atoms with E-state index >= 15 is 0 Å². The van der Waals surface area contributed by atoms with Crippen LogP contribution in [0.2, 0.25) is 0 Å². The van der Waals surface area contributed by atoms with Crippen molar-refractivity contribution >= 4 is 17.2 Å². The summed E-state index contributed by atoms with van der Waals surface area (Å²) in [5, 5.41) is 0. The summed E-state index contributed by atoms with van der Waals surface area (Å²) < 4.78 is 13.0. The van der Waals surface area contributed by atoms with Crippen molar-refractivity contribution in [3.8, 4) is 28.4 Å². The number of imidazole rings is 1. The number of carbonyl (C=O) groups is 1. The summed E-state index contributed by atoms with van der Waals surface area (Å²) in [6, 6.07) is 29.6. The van der Waals surface area contributed by atoms with E-state index < -0.39 is 11.8 Å². The van der Waals surface area contributed by atoms with Gasteiger partial charge in [0.15, 0.2) is 5.82 Å². The van der Waals surface area contributed by atoms with Crippen molar-refractivity contribution in [3.63, 3.8) is 0 Å². The van der Waals surface area contributed by atoms with E-state index in [2.05, 4.69) is 27.8 Å². The van der Waals surface area contributed by atoms with Crippen LogP contribution < -0.4 is 4.74 Å². The second-order valence-corrected chi connectivity index (χ2v) is 9.48. The molecule has 0 aliphatic heterocycles. The zero-order valence-corrected chi connectivity index (χ0v) is 20.5. The fourth-order valence-electron chi connectivity index (χ4n) is 4.05. The number of hydrogen-bond donors (Lipinski definition) is 0. The average molecular weight is 478 g/mol. The van der Waals surface area contributed by atoms with E-state index in [1.54, 1.807) is 12.3 Å². The molecule has 0 atom stereocenters. The molecule has 0 saturated carbocycles. The zero-order valence-electron chi connectivity index (χ0n) is 20.5. The number of rotatable bonds is 5. The first kappa shape index (κ1) is 23.3. The van der Waals surface area contributed by atoms with Crippen LogP contribution in [0.1, 0.15) is 26.3 Å². The van der Waals surface area contributed by atoms with Crippen LogP contribution in [0, 0.1) is 0 Å². The quantitative estimate of drug-likeness (QED) is 0.199. The van der Waals surface area contributed by atoms with E-state index in [-0.39, 0.29) is 0 Å². The lowest BCUT2D eigenvalue weighted by atomic mass is 10.0. The molecule has 2 aromatic heterocycles. The Morgan fingerprint density at radius 3 is 2.33 bits per heavy atom. The molecule has 3 aromatic carbocycles. The molecule has 5 aromatic rings. The Hall–Kier alpha value is -4.45. The number of pyridine rings is 1. The van der Waals surface area contributed by atoms with Crippen LogP contribution in [0.4, 0.5) is 4.79 Å². The van der Waals surface area contributed by atoms with Gasteiger partial charge in [0, 0.05) is 18.3 Å². The van der Waals surface area contributed by atoms with Crippen LogP contribution in [0.5, 0.6) is 5.75 Å². The van der Waals surface area contributed by atoms with Gasteiger partial charge in [0.2, 0.25) is 0 Å². The molecule has 0 unspecified atom stereocenters. The van der Waals surface area contributed by atoms with Crippen LogP contribution in [-0.2, 0) is 11.3 Å². The highest BCUT2D eigenvalue weighted by atomic mass is 16.7. The third-order valence-corrected chi connectivity index (χ3v) is 5.62. The summed E-state index contributed by atoms with van der Waals surface area (Å²) in [7, 11) is 0. The number of fused-ring (bicyclic) bond motifs is 1. The number of ether oxygens (including phenoxy) is 2. The predicted molar refractivity (Wildman–Crippen MR) is 141 cm³/mol. The van der Waals surface area contributed by atoms with Crippen molar-refractivity contribution in [1.82, 2.24) is 14.5 Å². The molecule has 180 valence electrons. The van der Waals surface area contributed by atoms with Gasteiger partial charge in [-0.3, -0.25) is 4.98 Å². The Morgan fingerprint density at radius 1 is 0.861 bits per heavy atom. The fraction of sp³-hybridized carbons (Fsp3) is 0.167. The van der Waals surface area contributed by atoms with Crippen molar-refractivity contribution in [3.05, 3.63) is 103 Å². The number of para-hydroxylation sites is 3. The SMILES string of the molecule is CC(C)(C)OC(=O)Oc1ccccc1-c1ccc(Cn2c(-c3ccccn3)nc3ccccc32)cc1. The third kappa shape index (κ3) is 5.13. The molecule has 0 aliphatic rings. The Morgan fingerprint density at radius 2 is 1.58 bits per heavy atom. The average Bonchev–Trinajstić information content (AvgIpc) is 3.23. The van der Waals surface area contributed by atoms with Crippen LogP contribution in [-0.4, -0.2) is 26.3 Å². The molecule has 0 amide bonds. The molecule has 6 heteroatoms. The Bertz CT molecular complexity index is 1500. The molecule has 2 heterocycles. The maximum Gasteiger partial charge on any atom is 0.514 e. The maximum atomic E-state index is 12.2.